The van der Waals surface area contributed by atoms with Crippen LogP contribution in [0.2, 0.25) is 24.2 Å². The van der Waals surface area contributed by atoms with Gasteiger partial charge < -0.3 is 95.6 Å². The Morgan fingerprint density at radius 1 is 0.317 bits per heavy atom. The Hall–Kier alpha value is -3.57. The van der Waals surface area contributed by atoms with Crippen LogP contribution in [0.3, 0.4) is 0 Å². The van der Waals surface area contributed by atoms with E-state index in [9.17, 15) is 19.2 Å². The van der Waals surface area contributed by atoms with Gasteiger partial charge in [-0.15, -0.1) is 0 Å². The molecule has 1 rings (SSSR count). The molecule has 0 spiro atoms. The zero-order valence-corrected chi connectivity index (χ0v) is 54.9. The molecule has 8 amide bonds. The van der Waals surface area contributed by atoms with Gasteiger partial charge in [-0.3, -0.25) is 0 Å². The minimum Gasteiger partial charge on any atom is -0.377 e. The van der Waals surface area contributed by atoms with Crippen LogP contribution in [0.5, 0.6) is 0 Å². The van der Waals surface area contributed by atoms with Crippen molar-refractivity contribution < 1.29 is 72.3 Å². The summed E-state index contributed by atoms with van der Waals surface area (Å²) >= 11 is 0. The monoisotopic (exact) mass is 1240 g/mol. The highest BCUT2D eigenvalue weighted by molar-refractivity contribution is 6.61. The molecule has 28 heteroatoms. The third-order valence-electron chi connectivity index (χ3n) is 12.7. The van der Waals surface area contributed by atoms with Crippen molar-refractivity contribution in [1.29, 1.82) is 0 Å². The summed E-state index contributed by atoms with van der Waals surface area (Å²) in [4.78, 5) is 47.2. The number of nitrogens with one attached hydrogen (secondary N) is 8. The molecule has 0 aromatic heterocycles. The van der Waals surface area contributed by atoms with E-state index in [0.717, 1.165) is 38.5 Å². The zero-order valence-electron chi connectivity index (χ0n) is 50.9. The third-order valence-corrected chi connectivity index (χ3v) is 24.0. The van der Waals surface area contributed by atoms with Crippen molar-refractivity contribution >= 4 is 59.3 Å². The highest BCUT2D eigenvalue weighted by Crippen LogP contribution is 2.17. The molecule has 0 saturated heterocycles. The van der Waals surface area contributed by atoms with Gasteiger partial charge in [0.2, 0.25) is 0 Å². The predicted molar refractivity (Wildman–Crippen MR) is 336 cm³/mol. The molecule has 24 nitrogen and oxygen atoms in total. The Morgan fingerprint density at radius 2 is 0.537 bits per heavy atom. The van der Waals surface area contributed by atoms with Gasteiger partial charge in [0.1, 0.15) is 0 Å². The van der Waals surface area contributed by atoms with Crippen LogP contribution in [0.15, 0.2) is 48.6 Å². The fourth-order valence-electron chi connectivity index (χ4n) is 7.67. The lowest BCUT2D eigenvalue weighted by molar-refractivity contribution is 0.122. The molecule has 0 radical (unpaired) electrons. The summed E-state index contributed by atoms with van der Waals surface area (Å²) in [7, 11) is 8.49. The van der Waals surface area contributed by atoms with Crippen molar-refractivity contribution in [2.45, 2.75) is 142 Å². The second kappa shape index (κ2) is 57.8. The molecule has 0 aromatic carbocycles. The molecule has 0 saturated carbocycles. The maximum Gasteiger partial charge on any atom is 0.500 e. The minimum absolute atomic E-state index is 0. The quantitative estimate of drug-likeness (QED) is 0.0162. The van der Waals surface area contributed by atoms with Crippen LogP contribution in [0.4, 0.5) is 19.2 Å². The molecule has 0 aromatic rings. The lowest BCUT2D eigenvalue weighted by Crippen LogP contribution is -2.44. The number of carbonyl (C=O) groups excluding carboxylic acids is 4. The van der Waals surface area contributed by atoms with Crippen molar-refractivity contribution in [2.24, 2.45) is 0 Å². The topological polar surface area (TPSA) is 275 Å². The first-order valence-electron chi connectivity index (χ1n) is 28.0. The first-order chi connectivity index (χ1) is 38.7. The standard InChI is InChI=1S/C26H54N4O8Si2.C18H40N4O8Si2.C8H14.2CH4/c1-33-39(34-2,35-3)23-17-21-29-25(31)27-19-15-13-11-9-7-8-10-12-14-16-20-28-26(32)30-22-18-24-40(36-4,37-5)38-6;1-25-31(26-2,27-3)15-9-13-21-17(23)19-11-7-8-12-20-18(24)22-14-10-16-32(28-4,29-5)30-6;1-2-4-6-8-7-5-3-1;;/h13-16H,7-12,17-24H2,1-6H3,(H2,27,29,31)(H2,28,30,32);7-8H,9-16H2,1-6H3,(H2,19,21,23)(H2,20,22,24);1-2H,3-8H2;2*1H4/b;8-7+;;;. The normalized spacial score (nSPS) is 12.8. The maximum atomic E-state index is 11.8. The first kappa shape index (κ1) is 84.9. The highest BCUT2D eigenvalue weighted by atomic mass is 28.4. The van der Waals surface area contributed by atoms with Crippen LogP contribution < -0.4 is 42.5 Å². The van der Waals surface area contributed by atoms with E-state index in [1.165, 1.54) is 51.4 Å². The fraction of sp³-hybridized carbons (Fsp3) is 0.778. The SMILES string of the molecule is C.C.C1=CCCCCCC1.CO[Si](CCCNC(=O)NC/C=C/CNC(=O)NCCC[Si](OC)(OC)OC)(OC)OC.CO[Si](CCCNC(=O)NCC=CCCCCCCC=CCNC(=O)NCCC[Si](OC)(OC)OC)(OC)OC. The van der Waals surface area contributed by atoms with Gasteiger partial charge in [-0.05, 0) is 77.0 Å². The van der Waals surface area contributed by atoms with Crippen LogP contribution in [0, 0.1) is 0 Å². The van der Waals surface area contributed by atoms with E-state index in [2.05, 4.69) is 66.8 Å². The average Bonchev–Trinajstić information content (AvgIpc) is 3.49. The van der Waals surface area contributed by atoms with Crippen LogP contribution in [0.1, 0.15) is 118 Å². The van der Waals surface area contributed by atoms with Gasteiger partial charge in [-0.25, -0.2) is 19.2 Å². The number of unbranched alkanes of at least 4 members (excludes halogenated alkanes) is 5. The molecule has 484 valence electrons. The molecule has 0 unspecified atom stereocenters. The minimum atomic E-state index is -2.60. The van der Waals surface area contributed by atoms with Crippen LogP contribution >= 0.6 is 0 Å². The maximum absolute atomic E-state index is 11.8. The average molecular weight is 1250 g/mol. The molecule has 0 aliphatic heterocycles. The van der Waals surface area contributed by atoms with Gasteiger partial charge >= 0.3 is 59.3 Å². The molecule has 0 fully saturated rings. The molecular formula is C54H116N8O16Si4. The van der Waals surface area contributed by atoms with E-state index in [-0.39, 0.29) is 39.0 Å². The van der Waals surface area contributed by atoms with Crippen LogP contribution in [-0.4, -0.2) is 197 Å². The van der Waals surface area contributed by atoms with E-state index in [1.54, 1.807) is 97.5 Å². The Balaban J connectivity index is -0.000000646. The molecule has 82 heavy (non-hydrogen) atoms. The van der Waals surface area contributed by atoms with Crippen molar-refractivity contribution in [3.8, 4) is 0 Å². The number of hydrogen-bond donors (Lipinski definition) is 8. The van der Waals surface area contributed by atoms with E-state index in [1.807, 2.05) is 12.2 Å². The lowest BCUT2D eigenvalue weighted by Gasteiger charge is -2.24. The molecule has 0 heterocycles. The molecule has 0 bridgehead atoms. The summed E-state index contributed by atoms with van der Waals surface area (Å²) in [5.41, 5.74) is 0. The van der Waals surface area contributed by atoms with Gasteiger partial charge in [0.05, 0.1) is 0 Å². The Kier molecular flexibility index (Phi) is 59.9. The number of amides is 8. The highest BCUT2D eigenvalue weighted by Gasteiger charge is 2.39. The van der Waals surface area contributed by atoms with Gasteiger partial charge in [-0.1, -0.05) is 89.1 Å². The van der Waals surface area contributed by atoms with Crippen LogP contribution in [0.25, 0.3) is 0 Å². The first-order valence-corrected chi connectivity index (χ1v) is 35.7. The van der Waals surface area contributed by atoms with Crippen molar-refractivity contribution in [3.63, 3.8) is 0 Å². The third kappa shape index (κ3) is 44.9. The number of rotatable bonds is 43. The molecular weight excluding hydrogens is 1130 g/mol. The Bertz CT molecular complexity index is 1500. The number of carbonyl (C=O) groups is 4. The van der Waals surface area contributed by atoms with E-state index in [0.29, 0.717) is 89.4 Å². The van der Waals surface area contributed by atoms with Crippen molar-refractivity contribution in [1.82, 2.24) is 42.5 Å². The van der Waals surface area contributed by atoms with Crippen molar-refractivity contribution in [2.75, 3.05) is 138 Å². The second-order valence-corrected chi connectivity index (χ2v) is 30.4. The summed E-state index contributed by atoms with van der Waals surface area (Å²) < 4.78 is 64.1. The molecule has 8 N–H and O–H groups in total. The molecule has 1 aliphatic rings. The summed E-state index contributed by atoms with van der Waals surface area (Å²) in [6.45, 7) is 3.73. The number of hydrogen-bond acceptors (Lipinski definition) is 16. The van der Waals surface area contributed by atoms with Crippen molar-refractivity contribution in [3.05, 3.63) is 48.6 Å². The Morgan fingerprint density at radius 3 is 0.756 bits per heavy atom. The lowest BCUT2D eigenvalue weighted by atomic mass is 10.1. The fourth-order valence-corrected chi connectivity index (χ4v) is 14.6. The Labute approximate surface area is 500 Å². The molecule has 0 atom stereocenters. The number of urea groups is 4. The van der Waals surface area contributed by atoms with Gasteiger partial charge in [-0.2, -0.15) is 0 Å². The summed E-state index contributed by atoms with van der Waals surface area (Å²) in [6, 6.07) is 1.59. The summed E-state index contributed by atoms with van der Waals surface area (Å²) in [5.74, 6) is 0. The second-order valence-electron chi connectivity index (χ2n) is 18.0. The van der Waals surface area contributed by atoms with E-state index >= 15 is 0 Å². The summed E-state index contributed by atoms with van der Waals surface area (Å²) in [5, 5.41) is 22.2. The number of allylic oxidation sites excluding steroid dienone is 4. The zero-order chi connectivity index (χ0) is 59.9. The van der Waals surface area contributed by atoms with Gasteiger partial charge in [0.25, 0.3) is 0 Å². The largest absolute Gasteiger partial charge is 0.500 e. The van der Waals surface area contributed by atoms with Crippen LogP contribution in [-0.2, 0) is 53.1 Å². The smallest absolute Gasteiger partial charge is 0.377 e. The van der Waals surface area contributed by atoms with E-state index < -0.39 is 35.2 Å². The van der Waals surface area contributed by atoms with E-state index in [4.69, 9.17) is 53.1 Å². The summed E-state index contributed by atoms with van der Waals surface area (Å²) in [6.07, 6.45) is 34.1. The van der Waals surface area contributed by atoms with Gasteiger partial charge in [0.15, 0.2) is 0 Å². The molecule has 1 aliphatic carbocycles. The predicted octanol–water partition coefficient (Wildman–Crippen LogP) is 8.42. The van der Waals surface area contributed by atoms with Gasteiger partial charge in [0, 0.05) is 162 Å².